The van der Waals surface area contributed by atoms with Gasteiger partial charge < -0.3 is 5.11 Å². The van der Waals surface area contributed by atoms with Crippen LogP contribution in [0.1, 0.15) is 16.1 Å². The Balaban J connectivity index is 1.95. The quantitative estimate of drug-likeness (QED) is 0.575. The van der Waals surface area contributed by atoms with Crippen LogP contribution in [0.4, 0.5) is 0 Å². The smallest absolute Gasteiger partial charge is 0.212 e. The second-order valence-electron chi connectivity index (χ2n) is 4.71. The van der Waals surface area contributed by atoms with Gasteiger partial charge in [-0.05, 0) is 36.4 Å². The van der Waals surface area contributed by atoms with Crippen molar-refractivity contribution in [2.45, 2.75) is 4.90 Å². The lowest BCUT2D eigenvalue weighted by Crippen LogP contribution is -2.05. The summed E-state index contributed by atoms with van der Waals surface area (Å²) >= 11 is 4.24. The number of benzene rings is 2. The summed E-state index contributed by atoms with van der Waals surface area (Å²) in [4.78, 5) is 21.7. The molecule has 3 aromatic rings. The van der Waals surface area contributed by atoms with Crippen molar-refractivity contribution in [3.05, 3.63) is 72.2 Å². The maximum atomic E-state index is 12.4. The number of hydrogen-bond acceptors (Lipinski definition) is 5. The Labute approximate surface area is 132 Å². The summed E-state index contributed by atoms with van der Waals surface area (Å²) in [7, 11) is 0. The number of nitrogens with zero attached hydrogens (tertiary/aromatic N) is 2. The molecule has 1 aromatic heterocycles. The van der Waals surface area contributed by atoms with Crippen molar-refractivity contribution in [2.24, 2.45) is 0 Å². The van der Waals surface area contributed by atoms with Gasteiger partial charge >= 0.3 is 0 Å². The van der Waals surface area contributed by atoms with Crippen LogP contribution in [0.25, 0.3) is 11.3 Å². The minimum absolute atomic E-state index is 0.114. The molecule has 5 heteroatoms. The summed E-state index contributed by atoms with van der Waals surface area (Å²) in [5.74, 6) is -0.122. The number of aromatic nitrogens is 2. The third kappa shape index (κ3) is 2.99. The van der Waals surface area contributed by atoms with Gasteiger partial charge in [-0.2, -0.15) is 0 Å². The number of aromatic hydroxyl groups is 1. The first kappa shape index (κ1) is 14.3. The monoisotopic (exact) mass is 308 g/mol. The first-order chi connectivity index (χ1) is 10.6. The summed E-state index contributed by atoms with van der Waals surface area (Å²) in [6.07, 6.45) is 3.05. The molecular weight excluding hydrogens is 296 g/mol. The summed E-state index contributed by atoms with van der Waals surface area (Å²) in [6.45, 7) is 0. The van der Waals surface area contributed by atoms with E-state index in [9.17, 15) is 9.90 Å². The van der Waals surface area contributed by atoms with E-state index in [2.05, 4.69) is 22.6 Å². The minimum Gasteiger partial charge on any atom is -0.508 e. The van der Waals surface area contributed by atoms with Gasteiger partial charge in [0.1, 0.15) is 11.4 Å². The summed E-state index contributed by atoms with van der Waals surface area (Å²) < 4.78 is 0. The second-order valence-corrected chi connectivity index (χ2v) is 5.23. The molecule has 4 nitrogen and oxygen atoms in total. The van der Waals surface area contributed by atoms with E-state index in [1.165, 1.54) is 18.3 Å². The second kappa shape index (κ2) is 5.99. The van der Waals surface area contributed by atoms with E-state index in [0.717, 1.165) is 10.5 Å². The Morgan fingerprint density at radius 2 is 1.64 bits per heavy atom. The lowest BCUT2D eigenvalue weighted by Gasteiger charge is -2.04. The maximum absolute atomic E-state index is 12.4. The molecule has 1 heterocycles. The van der Waals surface area contributed by atoms with Crippen LogP contribution in [0, 0.1) is 0 Å². The summed E-state index contributed by atoms with van der Waals surface area (Å²) in [6, 6.07) is 13.5. The molecule has 0 radical (unpaired) electrons. The number of phenolic OH excluding ortho intramolecular Hbond substituents is 1. The zero-order valence-corrected chi connectivity index (χ0v) is 12.4. The van der Waals surface area contributed by atoms with Gasteiger partial charge in [-0.25, -0.2) is 4.98 Å². The molecule has 0 saturated heterocycles. The molecule has 0 fully saturated rings. The highest BCUT2D eigenvalue weighted by Crippen LogP contribution is 2.19. The van der Waals surface area contributed by atoms with E-state index in [0.29, 0.717) is 11.3 Å². The lowest BCUT2D eigenvalue weighted by molar-refractivity contribution is 0.103. The van der Waals surface area contributed by atoms with E-state index in [-0.39, 0.29) is 17.2 Å². The van der Waals surface area contributed by atoms with Crippen LogP contribution in [0.2, 0.25) is 0 Å². The zero-order chi connectivity index (χ0) is 15.5. The molecule has 22 heavy (non-hydrogen) atoms. The van der Waals surface area contributed by atoms with Gasteiger partial charge in [0.15, 0.2) is 0 Å². The van der Waals surface area contributed by atoms with Gasteiger partial charge in [0, 0.05) is 16.0 Å². The van der Waals surface area contributed by atoms with Crippen LogP contribution in [0.3, 0.4) is 0 Å². The SMILES string of the molecule is O=C(c1ccc(O)cc1)c1cncc(-c2ccc(S)cc2)n1. The Morgan fingerprint density at radius 3 is 2.32 bits per heavy atom. The van der Waals surface area contributed by atoms with Crippen molar-refractivity contribution in [1.82, 2.24) is 9.97 Å². The van der Waals surface area contributed by atoms with E-state index in [1.54, 1.807) is 18.3 Å². The van der Waals surface area contributed by atoms with Gasteiger partial charge in [-0.3, -0.25) is 9.78 Å². The molecule has 3 rings (SSSR count). The van der Waals surface area contributed by atoms with Crippen LogP contribution in [0.5, 0.6) is 5.75 Å². The van der Waals surface area contributed by atoms with E-state index < -0.39 is 0 Å². The van der Waals surface area contributed by atoms with Gasteiger partial charge in [-0.1, -0.05) is 12.1 Å². The molecule has 1 N–H and O–H groups in total. The Hall–Kier alpha value is -2.66. The third-order valence-corrected chi connectivity index (χ3v) is 3.46. The topological polar surface area (TPSA) is 63.1 Å². The Morgan fingerprint density at radius 1 is 0.955 bits per heavy atom. The van der Waals surface area contributed by atoms with Gasteiger partial charge in [-0.15, -0.1) is 12.6 Å². The number of carbonyl (C=O) groups excluding carboxylic acids is 1. The standard InChI is InChI=1S/C17H12N2O2S/c20-13-5-1-12(2-6-13)17(21)16-10-18-9-15(19-16)11-3-7-14(22)8-4-11/h1-10,20,22H. The highest BCUT2D eigenvalue weighted by molar-refractivity contribution is 7.80. The average molecular weight is 308 g/mol. The minimum atomic E-state index is -0.236. The molecule has 0 amide bonds. The first-order valence-corrected chi connectivity index (χ1v) is 7.03. The fraction of sp³-hybridized carbons (Fsp3) is 0. The van der Waals surface area contributed by atoms with Crippen LogP contribution < -0.4 is 0 Å². The fourth-order valence-corrected chi connectivity index (χ4v) is 2.16. The molecule has 0 atom stereocenters. The summed E-state index contributed by atoms with van der Waals surface area (Å²) in [5, 5.41) is 9.28. The van der Waals surface area contributed by atoms with Gasteiger partial charge in [0.25, 0.3) is 0 Å². The first-order valence-electron chi connectivity index (χ1n) is 6.59. The Bertz CT molecular complexity index is 815. The van der Waals surface area contributed by atoms with Crippen LogP contribution in [0.15, 0.2) is 65.8 Å². The van der Waals surface area contributed by atoms with Crippen LogP contribution in [-0.4, -0.2) is 20.9 Å². The molecule has 0 bridgehead atoms. The predicted molar refractivity (Wildman–Crippen MR) is 86.3 cm³/mol. The van der Waals surface area contributed by atoms with E-state index >= 15 is 0 Å². The molecular formula is C17H12N2O2S. The molecule has 2 aromatic carbocycles. The number of phenols is 1. The van der Waals surface area contributed by atoms with E-state index in [4.69, 9.17) is 0 Å². The predicted octanol–water partition coefficient (Wildman–Crippen LogP) is 3.37. The van der Waals surface area contributed by atoms with E-state index in [1.807, 2.05) is 24.3 Å². The molecule has 0 saturated carbocycles. The Kier molecular flexibility index (Phi) is 3.89. The molecule has 108 valence electrons. The number of ketones is 1. The van der Waals surface area contributed by atoms with Crippen LogP contribution in [-0.2, 0) is 0 Å². The number of thiol groups is 1. The number of rotatable bonds is 3. The molecule has 0 spiro atoms. The van der Waals surface area contributed by atoms with Crippen molar-refractivity contribution in [3.63, 3.8) is 0 Å². The van der Waals surface area contributed by atoms with Gasteiger partial charge in [0.05, 0.1) is 18.1 Å². The van der Waals surface area contributed by atoms with Crippen molar-refractivity contribution >= 4 is 18.4 Å². The fourth-order valence-electron chi connectivity index (χ4n) is 2.01. The molecule has 0 aliphatic rings. The molecule has 0 unspecified atom stereocenters. The van der Waals surface area contributed by atoms with Crippen LogP contribution >= 0.6 is 12.6 Å². The van der Waals surface area contributed by atoms with Gasteiger partial charge in [0.2, 0.25) is 5.78 Å². The molecule has 0 aliphatic carbocycles. The molecule has 0 aliphatic heterocycles. The highest BCUT2D eigenvalue weighted by atomic mass is 32.1. The third-order valence-electron chi connectivity index (χ3n) is 3.16. The largest absolute Gasteiger partial charge is 0.508 e. The lowest BCUT2D eigenvalue weighted by atomic mass is 10.1. The van der Waals surface area contributed by atoms with Crippen molar-refractivity contribution in [1.29, 1.82) is 0 Å². The average Bonchev–Trinajstić information content (AvgIpc) is 2.56. The highest BCUT2D eigenvalue weighted by Gasteiger charge is 2.12. The zero-order valence-electron chi connectivity index (χ0n) is 11.5. The maximum Gasteiger partial charge on any atom is 0.212 e. The normalized spacial score (nSPS) is 10.4. The van der Waals surface area contributed by atoms with Crippen molar-refractivity contribution in [2.75, 3.05) is 0 Å². The number of carbonyl (C=O) groups is 1. The number of hydrogen-bond donors (Lipinski definition) is 2. The summed E-state index contributed by atoms with van der Waals surface area (Å²) in [5.41, 5.74) is 2.21. The van der Waals surface area contributed by atoms with Crippen molar-refractivity contribution in [3.8, 4) is 17.0 Å². The van der Waals surface area contributed by atoms with Crippen molar-refractivity contribution < 1.29 is 9.90 Å².